The summed E-state index contributed by atoms with van der Waals surface area (Å²) < 4.78 is 13.2. The molecule has 0 fully saturated rings. The summed E-state index contributed by atoms with van der Waals surface area (Å²) in [5.74, 6) is -1.08. The van der Waals surface area contributed by atoms with E-state index in [1.54, 1.807) is 24.3 Å². The van der Waals surface area contributed by atoms with Crippen LogP contribution >= 0.6 is 0 Å². The van der Waals surface area contributed by atoms with Crippen LogP contribution in [0.4, 0.5) is 10.1 Å². The minimum absolute atomic E-state index is 0.244. The molecule has 2 amide bonds. The number of amides is 2. The number of carbonyl (C=O) groups excluding carboxylic acids is 2. The van der Waals surface area contributed by atoms with E-state index in [-0.39, 0.29) is 5.91 Å². The Morgan fingerprint density at radius 2 is 1.48 bits per heavy atom. The maximum atomic E-state index is 13.2. The normalized spacial score (nSPS) is 10.3. The highest BCUT2D eigenvalue weighted by atomic mass is 19.1. The van der Waals surface area contributed by atoms with Crippen molar-refractivity contribution in [2.24, 2.45) is 0 Å². The van der Waals surface area contributed by atoms with Gasteiger partial charge in [-0.15, -0.1) is 0 Å². The van der Waals surface area contributed by atoms with E-state index in [0.29, 0.717) is 23.4 Å². The summed E-state index contributed by atoms with van der Waals surface area (Å²) in [4.78, 5) is 24.7. The van der Waals surface area contributed by atoms with Crippen LogP contribution in [0.15, 0.2) is 78.9 Å². The Hall–Kier alpha value is -3.47. The van der Waals surface area contributed by atoms with Gasteiger partial charge in [0.2, 0.25) is 0 Å². The molecule has 0 aliphatic heterocycles. The van der Waals surface area contributed by atoms with Crippen molar-refractivity contribution in [2.45, 2.75) is 6.42 Å². The molecule has 3 rings (SSSR count). The molecule has 3 aromatic carbocycles. The molecule has 0 radical (unpaired) electrons. The first-order valence-corrected chi connectivity index (χ1v) is 8.61. The van der Waals surface area contributed by atoms with Crippen molar-refractivity contribution >= 4 is 17.5 Å². The van der Waals surface area contributed by atoms with Crippen LogP contribution in [0.3, 0.4) is 0 Å². The third-order valence-corrected chi connectivity index (χ3v) is 4.01. The zero-order valence-corrected chi connectivity index (χ0v) is 14.6. The minimum Gasteiger partial charge on any atom is -0.352 e. The summed E-state index contributed by atoms with van der Waals surface area (Å²) in [6, 6.07) is 21.9. The lowest BCUT2D eigenvalue weighted by Crippen LogP contribution is -2.26. The number of carbonyl (C=O) groups is 2. The first-order valence-electron chi connectivity index (χ1n) is 8.61. The van der Waals surface area contributed by atoms with Crippen LogP contribution < -0.4 is 10.6 Å². The van der Waals surface area contributed by atoms with Crippen molar-refractivity contribution in [1.29, 1.82) is 0 Å². The lowest BCUT2D eigenvalue weighted by Gasteiger charge is -2.08. The molecule has 3 aromatic rings. The zero-order valence-electron chi connectivity index (χ0n) is 14.6. The molecule has 0 aliphatic carbocycles. The molecule has 27 heavy (non-hydrogen) atoms. The Morgan fingerprint density at radius 1 is 0.778 bits per heavy atom. The van der Waals surface area contributed by atoms with Gasteiger partial charge in [-0.2, -0.15) is 0 Å². The summed E-state index contributed by atoms with van der Waals surface area (Å²) in [6.45, 7) is 0.503. The highest BCUT2D eigenvalue weighted by molar-refractivity contribution is 6.06. The second-order valence-electron chi connectivity index (χ2n) is 6.04. The van der Waals surface area contributed by atoms with E-state index >= 15 is 0 Å². The van der Waals surface area contributed by atoms with E-state index in [1.807, 2.05) is 30.3 Å². The average molecular weight is 362 g/mol. The van der Waals surface area contributed by atoms with Crippen LogP contribution in [-0.2, 0) is 6.42 Å². The summed E-state index contributed by atoms with van der Waals surface area (Å²) in [5, 5.41) is 5.47. The smallest absolute Gasteiger partial charge is 0.255 e. The van der Waals surface area contributed by atoms with Gasteiger partial charge in [-0.1, -0.05) is 42.5 Å². The molecule has 0 aliphatic rings. The van der Waals surface area contributed by atoms with E-state index in [9.17, 15) is 14.0 Å². The van der Waals surface area contributed by atoms with Crippen molar-refractivity contribution in [3.05, 3.63) is 101 Å². The van der Waals surface area contributed by atoms with Gasteiger partial charge in [0.15, 0.2) is 0 Å². The van der Waals surface area contributed by atoms with Crippen LogP contribution in [0.2, 0.25) is 0 Å². The monoisotopic (exact) mass is 362 g/mol. The fourth-order valence-corrected chi connectivity index (χ4v) is 2.64. The van der Waals surface area contributed by atoms with Crippen molar-refractivity contribution in [2.75, 3.05) is 11.9 Å². The van der Waals surface area contributed by atoms with Gasteiger partial charge in [0.25, 0.3) is 11.8 Å². The Balaban J connectivity index is 1.60. The summed E-state index contributed by atoms with van der Waals surface area (Å²) in [5.41, 5.74) is 2.23. The number of benzene rings is 3. The Labute approximate surface area is 157 Å². The van der Waals surface area contributed by atoms with Gasteiger partial charge in [-0.3, -0.25) is 9.59 Å². The molecule has 0 heterocycles. The Kier molecular flexibility index (Phi) is 5.94. The molecule has 5 heteroatoms. The topological polar surface area (TPSA) is 58.2 Å². The second-order valence-corrected chi connectivity index (χ2v) is 6.04. The standard InChI is InChI=1S/C22H19FN2O2/c23-19-10-5-11-20(15-19)25-22(27)18-9-4-8-17(14-18)21(26)24-13-12-16-6-2-1-3-7-16/h1-11,14-15H,12-13H2,(H,24,26)(H,25,27). The molecule has 0 saturated carbocycles. The van der Waals surface area contributed by atoms with Gasteiger partial charge < -0.3 is 10.6 Å². The molecular formula is C22H19FN2O2. The number of rotatable bonds is 6. The summed E-state index contributed by atoms with van der Waals surface area (Å²) >= 11 is 0. The molecule has 2 N–H and O–H groups in total. The molecule has 0 bridgehead atoms. The van der Waals surface area contributed by atoms with Gasteiger partial charge in [0.1, 0.15) is 5.82 Å². The molecule has 0 saturated heterocycles. The minimum atomic E-state index is -0.431. The molecule has 0 unspecified atom stereocenters. The fourth-order valence-electron chi connectivity index (χ4n) is 2.64. The maximum Gasteiger partial charge on any atom is 0.255 e. The largest absolute Gasteiger partial charge is 0.352 e. The predicted octanol–water partition coefficient (Wildman–Crippen LogP) is 4.05. The number of hydrogen-bond acceptors (Lipinski definition) is 2. The third kappa shape index (κ3) is 5.25. The van der Waals surface area contributed by atoms with E-state index in [4.69, 9.17) is 0 Å². The van der Waals surface area contributed by atoms with Crippen LogP contribution in [0.25, 0.3) is 0 Å². The molecule has 0 spiro atoms. The molecule has 0 atom stereocenters. The Morgan fingerprint density at radius 3 is 2.22 bits per heavy atom. The van der Waals surface area contributed by atoms with Crippen LogP contribution in [0, 0.1) is 5.82 Å². The first-order chi connectivity index (χ1) is 13.1. The van der Waals surface area contributed by atoms with Gasteiger partial charge >= 0.3 is 0 Å². The lowest BCUT2D eigenvalue weighted by atomic mass is 10.1. The maximum absolute atomic E-state index is 13.2. The number of halogens is 1. The molecule has 0 aromatic heterocycles. The van der Waals surface area contributed by atoms with Crippen molar-refractivity contribution in [3.8, 4) is 0 Å². The van der Waals surface area contributed by atoms with E-state index in [2.05, 4.69) is 10.6 Å². The number of hydrogen-bond donors (Lipinski definition) is 2. The average Bonchev–Trinajstić information content (AvgIpc) is 2.69. The first kappa shape index (κ1) is 18.3. The van der Waals surface area contributed by atoms with E-state index in [0.717, 1.165) is 12.0 Å². The zero-order chi connectivity index (χ0) is 19.1. The highest BCUT2D eigenvalue weighted by Crippen LogP contribution is 2.12. The predicted molar refractivity (Wildman–Crippen MR) is 103 cm³/mol. The van der Waals surface area contributed by atoms with E-state index in [1.165, 1.54) is 24.3 Å². The SMILES string of the molecule is O=C(NCCc1ccccc1)c1cccc(C(=O)Nc2cccc(F)c2)c1. The Bertz CT molecular complexity index is 942. The van der Waals surface area contributed by atoms with Gasteiger partial charge in [-0.05, 0) is 48.4 Å². The van der Waals surface area contributed by atoms with E-state index < -0.39 is 11.7 Å². The summed E-state index contributed by atoms with van der Waals surface area (Å²) in [7, 11) is 0. The second kappa shape index (κ2) is 8.76. The summed E-state index contributed by atoms with van der Waals surface area (Å²) in [6.07, 6.45) is 0.729. The lowest BCUT2D eigenvalue weighted by molar-refractivity contribution is 0.0954. The van der Waals surface area contributed by atoms with Crippen molar-refractivity contribution < 1.29 is 14.0 Å². The van der Waals surface area contributed by atoms with Gasteiger partial charge in [-0.25, -0.2) is 4.39 Å². The van der Waals surface area contributed by atoms with Crippen LogP contribution in [0.5, 0.6) is 0 Å². The number of nitrogens with one attached hydrogen (secondary N) is 2. The van der Waals surface area contributed by atoms with Gasteiger partial charge in [0, 0.05) is 23.4 Å². The molecule has 4 nitrogen and oxygen atoms in total. The van der Waals surface area contributed by atoms with Crippen LogP contribution in [-0.4, -0.2) is 18.4 Å². The highest BCUT2D eigenvalue weighted by Gasteiger charge is 2.11. The van der Waals surface area contributed by atoms with Crippen molar-refractivity contribution in [1.82, 2.24) is 5.32 Å². The van der Waals surface area contributed by atoms with Crippen molar-refractivity contribution in [3.63, 3.8) is 0 Å². The van der Waals surface area contributed by atoms with Crippen LogP contribution in [0.1, 0.15) is 26.3 Å². The molecular weight excluding hydrogens is 343 g/mol. The molecule has 136 valence electrons. The third-order valence-electron chi connectivity index (χ3n) is 4.01. The van der Waals surface area contributed by atoms with Gasteiger partial charge in [0.05, 0.1) is 0 Å². The number of anilines is 1. The quantitative estimate of drug-likeness (QED) is 0.695. The fraction of sp³-hybridized carbons (Fsp3) is 0.0909.